The first-order valence-electron chi connectivity index (χ1n) is 11.6. The highest BCUT2D eigenvalue weighted by Crippen LogP contribution is 2.44. The number of nitrogens with zero attached hydrogens (tertiary/aromatic N) is 2. The van der Waals surface area contributed by atoms with Gasteiger partial charge in [0.2, 0.25) is 11.8 Å². The van der Waals surface area contributed by atoms with Crippen LogP contribution in [0.25, 0.3) is 0 Å². The van der Waals surface area contributed by atoms with Gasteiger partial charge in [0.25, 0.3) is 0 Å². The van der Waals surface area contributed by atoms with Gasteiger partial charge in [0.1, 0.15) is 0 Å². The van der Waals surface area contributed by atoms with Gasteiger partial charge >= 0.3 is 0 Å². The molecule has 1 aromatic rings. The van der Waals surface area contributed by atoms with Crippen molar-refractivity contribution in [1.29, 1.82) is 0 Å². The summed E-state index contributed by atoms with van der Waals surface area (Å²) in [5, 5.41) is 12.7. The molecule has 6 nitrogen and oxygen atoms in total. The number of likely N-dealkylation sites (tertiary alicyclic amines) is 1. The minimum atomic E-state index is -0.268. The van der Waals surface area contributed by atoms with Gasteiger partial charge in [0, 0.05) is 43.5 Å². The fourth-order valence-electron chi connectivity index (χ4n) is 5.62. The van der Waals surface area contributed by atoms with Crippen LogP contribution in [0.1, 0.15) is 63.9 Å². The molecule has 1 saturated carbocycles. The van der Waals surface area contributed by atoms with E-state index in [2.05, 4.69) is 28.1 Å². The van der Waals surface area contributed by atoms with Crippen molar-refractivity contribution in [3.05, 3.63) is 23.8 Å². The van der Waals surface area contributed by atoms with E-state index in [9.17, 15) is 14.7 Å². The SMILES string of the molecule is CCC(=O)Nc1ccc(N2CCC[C@]3(CCN([C@H]4CC[C@H](O)CC4)C3=O)C2)c(C)c1. The number of aliphatic hydroxyl groups excluding tert-OH is 1. The molecule has 1 spiro atoms. The second-order valence-electron chi connectivity index (χ2n) is 9.42. The summed E-state index contributed by atoms with van der Waals surface area (Å²) in [5.74, 6) is 0.351. The van der Waals surface area contributed by atoms with E-state index in [0.717, 1.165) is 81.5 Å². The molecule has 1 aliphatic carbocycles. The largest absolute Gasteiger partial charge is 0.393 e. The highest BCUT2D eigenvalue weighted by atomic mass is 16.3. The Kier molecular flexibility index (Phi) is 6.05. The number of amides is 2. The summed E-state index contributed by atoms with van der Waals surface area (Å²) < 4.78 is 0. The third-order valence-corrected chi connectivity index (χ3v) is 7.37. The lowest BCUT2D eigenvalue weighted by Gasteiger charge is -2.42. The molecule has 2 heterocycles. The Hall–Kier alpha value is -2.08. The Labute approximate surface area is 179 Å². The Morgan fingerprint density at radius 3 is 2.67 bits per heavy atom. The number of nitrogens with one attached hydrogen (secondary N) is 1. The summed E-state index contributed by atoms with van der Waals surface area (Å²) in [4.78, 5) is 29.7. The van der Waals surface area contributed by atoms with Crippen LogP contribution in [0, 0.1) is 12.3 Å². The summed E-state index contributed by atoms with van der Waals surface area (Å²) in [5.41, 5.74) is 2.85. The van der Waals surface area contributed by atoms with E-state index < -0.39 is 0 Å². The lowest BCUT2D eigenvalue weighted by molar-refractivity contribution is -0.139. The van der Waals surface area contributed by atoms with Crippen molar-refractivity contribution in [3.63, 3.8) is 0 Å². The second-order valence-corrected chi connectivity index (χ2v) is 9.42. The normalized spacial score (nSPS) is 29.5. The van der Waals surface area contributed by atoms with Gasteiger partial charge in [0.15, 0.2) is 0 Å². The lowest BCUT2D eigenvalue weighted by atomic mass is 9.78. The van der Waals surface area contributed by atoms with Gasteiger partial charge in [-0.2, -0.15) is 0 Å². The van der Waals surface area contributed by atoms with Crippen LogP contribution < -0.4 is 10.2 Å². The van der Waals surface area contributed by atoms with Crippen LogP contribution >= 0.6 is 0 Å². The molecule has 1 aromatic carbocycles. The van der Waals surface area contributed by atoms with Crippen molar-refractivity contribution >= 4 is 23.2 Å². The number of carbonyl (C=O) groups excluding carboxylic acids is 2. The van der Waals surface area contributed by atoms with E-state index in [4.69, 9.17) is 0 Å². The van der Waals surface area contributed by atoms with Crippen LogP contribution in [0.5, 0.6) is 0 Å². The van der Waals surface area contributed by atoms with Crippen molar-refractivity contribution in [2.45, 2.75) is 77.4 Å². The molecule has 0 aromatic heterocycles. The van der Waals surface area contributed by atoms with Gasteiger partial charge < -0.3 is 20.2 Å². The maximum atomic E-state index is 13.5. The molecule has 1 atom stereocenters. The zero-order valence-corrected chi connectivity index (χ0v) is 18.3. The molecule has 0 bridgehead atoms. The van der Waals surface area contributed by atoms with Gasteiger partial charge in [-0.3, -0.25) is 9.59 Å². The van der Waals surface area contributed by atoms with Crippen LogP contribution in [0.2, 0.25) is 0 Å². The molecule has 30 heavy (non-hydrogen) atoms. The topological polar surface area (TPSA) is 72.9 Å². The van der Waals surface area contributed by atoms with Crippen LogP contribution in [0.15, 0.2) is 18.2 Å². The Morgan fingerprint density at radius 1 is 1.20 bits per heavy atom. The molecule has 2 saturated heterocycles. The highest BCUT2D eigenvalue weighted by Gasteiger charge is 2.50. The minimum Gasteiger partial charge on any atom is -0.393 e. The summed E-state index contributed by atoms with van der Waals surface area (Å²) in [7, 11) is 0. The Bertz CT molecular complexity index is 803. The van der Waals surface area contributed by atoms with Gasteiger partial charge in [-0.1, -0.05) is 6.92 Å². The molecule has 2 aliphatic heterocycles. The molecular weight excluding hydrogens is 378 g/mol. The maximum Gasteiger partial charge on any atom is 0.230 e. The zero-order chi connectivity index (χ0) is 21.3. The van der Waals surface area contributed by atoms with Crippen molar-refractivity contribution in [3.8, 4) is 0 Å². The molecule has 3 aliphatic rings. The van der Waals surface area contributed by atoms with Crippen molar-refractivity contribution in [2.24, 2.45) is 5.41 Å². The highest BCUT2D eigenvalue weighted by molar-refractivity contribution is 5.91. The average Bonchev–Trinajstić information content (AvgIpc) is 3.04. The van der Waals surface area contributed by atoms with E-state index >= 15 is 0 Å². The Balaban J connectivity index is 1.47. The first-order valence-corrected chi connectivity index (χ1v) is 11.6. The molecule has 0 radical (unpaired) electrons. The summed E-state index contributed by atoms with van der Waals surface area (Å²) in [6.07, 6.45) is 6.69. The zero-order valence-electron chi connectivity index (χ0n) is 18.3. The summed E-state index contributed by atoms with van der Waals surface area (Å²) in [6.45, 7) is 6.52. The molecule has 0 unspecified atom stereocenters. The monoisotopic (exact) mass is 413 g/mol. The standard InChI is InChI=1S/C24H35N3O3/c1-3-22(29)25-18-5-10-21(17(2)15-18)26-13-4-11-24(16-26)12-14-27(23(24)30)19-6-8-20(28)9-7-19/h5,10,15,19-20,28H,3-4,6-9,11-14,16H2,1-2H3,(H,25,29)/t19-,20-,24-/m0/s1. The van der Waals surface area contributed by atoms with Crippen LogP contribution in [0.3, 0.4) is 0 Å². The number of aliphatic hydroxyl groups is 1. The van der Waals surface area contributed by atoms with E-state index in [1.54, 1.807) is 0 Å². The number of carbonyl (C=O) groups is 2. The van der Waals surface area contributed by atoms with E-state index in [-0.39, 0.29) is 17.4 Å². The van der Waals surface area contributed by atoms with Crippen LogP contribution in [-0.2, 0) is 9.59 Å². The smallest absolute Gasteiger partial charge is 0.230 e. The molecule has 6 heteroatoms. The number of hydrogen-bond donors (Lipinski definition) is 2. The first-order chi connectivity index (χ1) is 14.4. The lowest BCUT2D eigenvalue weighted by Crippen LogP contribution is -2.50. The fourth-order valence-corrected chi connectivity index (χ4v) is 5.62. The maximum absolute atomic E-state index is 13.5. The van der Waals surface area contributed by atoms with Crippen LogP contribution in [-0.4, -0.2) is 53.6 Å². The minimum absolute atomic E-state index is 0.0194. The number of hydrogen-bond acceptors (Lipinski definition) is 4. The summed E-state index contributed by atoms with van der Waals surface area (Å²) in [6, 6.07) is 6.38. The quantitative estimate of drug-likeness (QED) is 0.793. The second kappa shape index (κ2) is 8.58. The van der Waals surface area contributed by atoms with Gasteiger partial charge in [-0.05, 0) is 75.6 Å². The fraction of sp³-hybridized carbons (Fsp3) is 0.667. The van der Waals surface area contributed by atoms with Crippen molar-refractivity contribution < 1.29 is 14.7 Å². The number of piperidine rings is 1. The molecule has 3 fully saturated rings. The van der Waals surface area contributed by atoms with Gasteiger partial charge in [-0.25, -0.2) is 0 Å². The third kappa shape index (κ3) is 4.07. The molecule has 2 N–H and O–H groups in total. The predicted octanol–water partition coefficient (Wildman–Crippen LogP) is 3.47. The third-order valence-electron chi connectivity index (χ3n) is 7.37. The van der Waals surface area contributed by atoms with E-state index in [1.807, 2.05) is 19.1 Å². The Morgan fingerprint density at radius 2 is 1.97 bits per heavy atom. The molecule has 4 rings (SSSR count). The summed E-state index contributed by atoms with van der Waals surface area (Å²) >= 11 is 0. The number of rotatable bonds is 4. The average molecular weight is 414 g/mol. The van der Waals surface area contributed by atoms with Crippen LogP contribution in [0.4, 0.5) is 11.4 Å². The molecule has 2 amide bonds. The number of aryl methyl sites for hydroxylation is 1. The van der Waals surface area contributed by atoms with Gasteiger partial charge in [-0.15, -0.1) is 0 Å². The number of benzene rings is 1. The van der Waals surface area contributed by atoms with Crippen molar-refractivity contribution in [1.82, 2.24) is 4.90 Å². The molecular formula is C24H35N3O3. The van der Waals surface area contributed by atoms with Crippen molar-refractivity contribution in [2.75, 3.05) is 29.9 Å². The van der Waals surface area contributed by atoms with E-state index in [1.165, 1.54) is 0 Å². The van der Waals surface area contributed by atoms with E-state index in [0.29, 0.717) is 18.4 Å². The predicted molar refractivity (Wildman–Crippen MR) is 119 cm³/mol. The molecule has 164 valence electrons. The number of anilines is 2. The van der Waals surface area contributed by atoms with Gasteiger partial charge in [0.05, 0.1) is 11.5 Å². The first kappa shape index (κ1) is 21.2.